The number of nitrogens with zero attached hydrogens (tertiary/aromatic N) is 4. The molecule has 2 heterocycles. The maximum atomic E-state index is 4.71. The van der Waals surface area contributed by atoms with Gasteiger partial charge in [-0.05, 0) is 51.1 Å². The number of aryl methyl sites for hydroxylation is 3. The number of hydrogen-bond acceptors (Lipinski definition) is 5. The minimum absolute atomic E-state index is 0.824. The summed E-state index contributed by atoms with van der Waals surface area (Å²) in [5.41, 5.74) is 4.63. The third kappa shape index (κ3) is 3.79. The molecular weight excluding hydrogens is 286 g/mol. The summed E-state index contributed by atoms with van der Waals surface area (Å²) < 4.78 is 0. The fourth-order valence-corrected chi connectivity index (χ4v) is 2.73. The van der Waals surface area contributed by atoms with Crippen LogP contribution >= 0.6 is 0 Å². The van der Waals surface area contributed by atoms with Gasteiger partial charge < -0.3 is 15.1 Å². The molecule has 1 fully saturated rings. The monoisotopic (exact) mass is 311 g/mol. The lowest BCUT2D eigenvalue weighted by atomic mass is 10.1. The van der Waals surface area contributed by atoms with Crippen molar-refractivity contribution in [1.82, 2.24) is 14.9 Å². The number of likely N-dealkylation sites (N-methyl/N-ethyl adjacent to an activating group) is 1. The molecule has 2 aromatic rings. The van der Waals surface area contributed by atoms with E-state index >= 15 is 0 Å². The second-order valence-corrected chi connectivity index (χ2v) is 6.41. The third-order valence-corrected chi connectivity index (χ3v) is 4.41. The van der Waals surface area contributed by atoms with E-state index < -0.39 is 0 Å². The zero-order valence-corrected chi connectivity index (χ0v) is 14.4. The largest absolute Gasteiger partial charge is 0.340 e. The first kappa shape index (κ1) is 15.7. The van der Waals surface area contributed by atoms with Gasteiger partial charge in [-0.15, -0.1) is 0 Å². The van der Waals surface area contributed by atoms with E-state index in [1.54, 1.807) is 0 Å². The summed E-state index contributed by atoms with van der Waals surface area (Å²) in [6, 6.07) is 8.37. The van der Waals surface area contributed by atoms with Gasteiger partial charge in [-0.1, -0.05) is 6.07 Å². The quantitative estimate of drug-likeness (QED) is 0.944. The average Bonchev–Trinajstić information content (AvgIpc) is 2.51. The van der Waals surface area contributed by atoms with Crippen molar-refractivity contribution in [2.45, 2.75) is 20.8 Å². The molecule has 1 aromatic heterocycles. The molecule has 0 aliphatic carbocycles. The van der Waals surface area contributed by atoms with E-state index in [2.05, 4.69) is 59.2 Å². The van der Waals surface area contributed by atoms with Crippen LogP contribution in [0, 0.1) is 20.8 Å². The van der Waals surface area contributed by atoms with Crippen LogP contribution in [0.2, 0.25) is 0 Å². The summed E-state index contributed by atoms with van der Waals surface area (Å²) in [7, 11) is 2.15. The van der Waals surface area contributed by atoms with E-state index in [1.807, 2.05) is 13.0 Å². The van der Waals surface area contributed by atoms with Gasteiger partial charge in [0.1, 0.15) is 5.82 Å². The molecule has 3 rings (SSSR count). The molecule has 1 aliphatic heterocycles. The van der Waals surface area contributed by atoms with Crippen molar-refractivity contribution in [2.24, 2.45) is 0 Å². The Kier molecular flexibility index (Phi) is 4.48. The van der Waals surface area contributed by atoms with Crippen molar-refractivity contribution >= 4 is 17.5 Å². The van der Waals surface area contributed by atoms with Crippen molar-refractivity contribution < 1.29 is 0 Å². The Morgan fingerprint density at radius 1 is 0.913 bits per heavy atom. The number of anilines is 3. The van der Waals surface area contributed by atoms with Gasteiger partial charge in [0, 0.05) is 43.6 Å². The number of aromatic nitrogens is 2. The van der Waals surface area contributed by atoms with Crippen LogP contribution in [0.15, 0.2) is 24.3 Å². The van der Waals surface area contributed by atoms with Crippen LogP contribution in [-0.4, -0.2) is 48.1 Å². The molecule has 5 nitrogen and oxygen atoms in total. The molecule has 0 spiro atoms. The highest BCUT2D eigenvalue weighted by molar-refractivity contribution is 5.59. The molecule has 0 bridgehead atoms. The highest BCUT2D eigenvalue weighted by atomic mass is 15.3. The zero-order valence-electron chi connectivity index (χ0n) is 14.4. The minimum Gasteiger partial charge on any atom is -0.340 e. The maximum Gasteiger partial charge on any atom is 0.227 e. The van der Waals surface area contributed by atoms with E-state index in [0.29, 0.717) is 0 Å². The first-order valence-corrected chi connectivity index (χ1v) is 8.15. The Balaban J connectivity index is 1.81. The van der Waals surface area contributed by atoms with Crippen LogP contribution < -0.4 is 10.2 Å². The molecule has 0 radical (unpaired) electrons. The smallest absolute Gasteiger partial charge is 0.227 e. The summed E-state index contributed by atoms with van der Waals surface area (Å²) in [6.07, 6.45) is 0. The SMILES string of the molecule is Cc1cc(Nc2ccc(C)c(C)c2)nc(N2CCN(C)CC2)n1. The Labute approximate surface area is 138 Å². The van der Waals surface area contributed by atoms with Crippen LogP contribution in [0.4, 0.5) is 17.5 Å². The van der Waals surface area contributed by atoms with Gasteiger partial charge in [0.2, 0.25) is 5.95 Å². The second kappa shape index (κ2) is 6.54. The van der Waals surface area contributed by atoms with Gasteiger partial charge in [0.05, 0.1) is 0 Å². The molecule has 0 amide bonds. The van der Waals surface area contributed by atoms with Gasteiger partial charge >= 0.3 is 0 Å². The van der Waals surface area contributed by atoms with Crippen LogP contribution in [0.1, 0.15) is 16.8 Å². The topological polar surface area (TPSA) is 44.3 Å². The number of nitrogens with one attached hydrogen (secondary N) is 1. The first-order chi connectivity index (χ1) is 11.0. The van der Waals surface area contributed by atoms with Crippen LogP contribution in [-0.2, 0) is 0 Å². The maximum absolute atomic E-state index is 4.71. The zero-order chi connectivity index (χ0) is 16.4. The summed E-state index contributed by atoms with van der Waals surface area (Å²) in [5.74, 6) is 1.68. The Hall–Kier alpha value is -2.14. The molecule has 0 atom stereocenters. The molecule has 1 aromatic carbocycles. The second-order valence-electron chi connectivity index (χ2n) is 6.41. The number of rotatable bonds is 3. The average molecular weight is 311 g/mol. The molecule has 122 valence electrons. The van der Waals surface area contributed by atoms with E-state index in [1.165, 1.54) is 11.1 Å². The minimum atomic E-state index is 0.824. The van der Waals surface area contributed by atoms with Crippen LogP contribution in [0.5, 0.6) is 0 Å². The normalized spacial score (nSPS) is 15.7. The fraction of sp³-hybridized carbons (Fsp3) is 0.444. The molecule has 0 unspecified atom stereocenters. The van der Waals surface area contributed by atoms with E-state index in [-0.39, 0.29) is 0 Å². The number of piperazine rings is 1. The lowest BCUT2D eigenvalue weighted by Crippen LogP contribution is -2.45. The van der Waals surface area contributed by atoms with Gasteiger partial charge in [-0.25, -0.2) is 4.98 Å². The molecule has 1 aliphatic rings. The predicted molar refractivity (Wildman–Crippen MR) is 95.7 cm³/mol. The Morgan fingerprint density at radius 3 is 2.35 bits per heavy atom. The Morgan fingerprint density at radius 2 is 1.65 bits per heavy atom. The summed E-state index contributed by atoms with van der Waals surface area (Å²) >= 11 is 0. The first-order valence-electron chi connectivity index (χ1n) is 8.15. The summed E-state index contributed by atoms with van der Waals surface area (Å²) in [5, 5.41) is 3.41. The lowest BCUT2D eigenvalue weighted by Gasteiger charge is -2.32. The molecule has 23 heavy (non-hydrogen) atoms. The molecule has 1 saturated heterocycles. The van der Waals surface area contributed by atoms with Crippen LogP contribution in [0.25, 0.3) is 0 Å². The standard InChI is InChI=1S/C18H25N5/c1-13-5-6-16(11-14(13)2)20-17-12-15(3)19-18(21-17)23-9-7-22(4)8-10-23/h5-6,11-12H,7-10H2,1-4H3,(H,19,20,21). The van der Waals surface area contributed by atoms with Crippen molar-refractivity contribution in [3.63, 3.8) is 0 Å². The highest BCUT2D eigenvalue weighted by Gasteiger charge is 2.17. The van der Waals surface area contributed by atoms with Gasteiger partial charge in [0.15, 0.2) is 0 Å². The Bertz CT molecular complexity index is 690. The summed E-state index contributed by atoms with van der Waals surface area (Å²) in [6.45, 7) is 10.3. The number of hydrogen-bond donors (Lipinski definition) is 1. The van der Waals surface area contributed by atoms with Crippen molar-refractivity contribution in [3.05, 3.63) is 41.1 Å². The lowest BCUT2D eigenvalue weighted by molar-refractivity contribution is 0.311. The van der Waals surface area contributed by atoms with Crippen molar-refractivity contribution in [1.29, 1.82) is 0 Å². The predicted octanol–water partition coefficient (Wildman–Crippen LogP) is 2.90. The third-order valence-electron chi connectivity index (χ3n) is 4.41. The summed E-state index contributed by atoms with van der Waals surface area (Å²) in [4.78, 5) is 13.9. The fourth-order valence-electron chi connectivity index (χ4n) is 2.73. The molecular formula is C18H25N5. The van der Waals surface area contributed by atoms with E-state index in [0.717, 1.165) is 49.3 Å². The highest BCUT2D eigenvalue weighted by Crippen LogP contribution is 2.21. The molecule has 5 heteroatoms. The van der Waals surface area contributed by atoms with Crippen molar-refractivity contribution in [3.8, 4) is 0 Å². The van der Waals surface area contributed by atoms with Gasteiger partial charge in [0.25, 0.3) is 0 Å². The van der Waals surface area contributed by atoms with E-state index in [4.69, 9.17) is 4.98 Å². The van der Waals surface area contributed by atoms with Gasteiger partial charge in [-0.2, -0.15) is 4.98 Å². The van der Waals surface area contributed by atoms with Crippen LogP contribution in [0.3, 0.4) is 0 Å². The van der Waals surface area contributed by atoms with Gasteiger partial charge in [-0.3, -0.25) is 0 Å². The number of benzene rings is 1. The van der Waals surface area contributed by atoms with E-state index in [9.17, 15) is 0 Å². The molecule has 1 N–H and O–H groups in total. The van der Waals surface area contributed by atoms with Crippen molar-refractivity contribution in [2.75, 3.05) is 43.4 Å². The molecule has 0 saturated carbocycles.